The highest BCUT2D eigenvalue weighted by Gasteiger charge is 2.31. The van der Waals surface area contributed by atoms with Crippen LogP contribution in [0, 0.1) is 0 Å². The summed E-state index contributed by atoms with van der Waals surface area (Å²) in [4.78, 5) is 23.5. The first kappa shape index (κ1) is 28.2. The van der Waals surface area contributed by atoms with E-state index in [0.29, 0.717) is 25.3 Å². The first-order chi connectivity index (χ1) is 18.0. The average molecular weight is 532 g/mol. The molecule has 4 rings (SSSR count). The standard InChI is InChI=1S/C29H40F3N5O/c1-28(2,3)22-5-8-25(9-6-22)36-15-4-14-35(19-20-36)16-13-27(38)37-17-11-24(12-18-37)34-26-10-7-23(21-33-26)29(30,31)32/h5-10,21,24H,4,11-20H2,1-3H3,(H,33,34). The molecule has 0 bridgehead atoms. The molecule has 0 atom stereocenters. The Labute approximate surface area is 224 Å². The number of carbonyl (C=O) groups is 1. The third-order valence-corrected chi connectivity index (χ3v) is 7.62. The summed E-state index contributed by atoms with van der Waals surface area (Å²) < 4.78 is 38.2. The summed E-state index contributed by atoms with van der Waals surface area (Å²) >= 11 is 0. The summed E-state index contributed by atoms with van der Waals surface area (Å²) in [7, 11) is 0. The molecule has 1 amide bonds. The minimum Gasteiger partial charge on any atom is -0.370 e. The first-order valence-corrected chi connectivity index (χ1v) is 13.6. The molecule has 1 aromatic heterocycles. The van der Waals surface area contributed by atoms with Crippen molar-refractivity contribution in [3.05, 3.63) is 53.7 Å². The van der Waals surface area contributed by atoms with E-state index in [9.17, 15) is 18.0 Å². The third-order valence-electron chi connectivity index (χ3n) is 7.62. The topological polar surface area (TPSA) is 51.7 Å². The Bertz CT molecular complexity index is 1040. The van der Waals surface area contributed by atoms with Gasteiger partial charge in [-0.2, -0.15) is 13.2 Å². The molecule has 0 spiro atoms. The number of likely N-dealkylation sites (tertiary alicyclic amines) is 1. The lowest BCUT2D eigenvalue weighted by atomic mass is 9.87. The number of halogens is 3. The molecule has 9 heteroatoms. The van der Waals surface area contributed by atoms with E-state index in [2.05, 4.69) is 65.1 Å². The highest BCUT2D eigenvalue weighted by Crippen LogP contribution is 2.29. The van der Waals surface area contributed by atoms with E-state index in [1.165, 1.54) is 17.3 Å². The quantitative estimate of drug-likeness (QED) is 0.541. The van der Waals surface area contributed by atoms with Crippen molar-refractivity contribution in [2.75, 3.05) is 56.0 Å². The molecule has 208 valence electrons. The summed E-state index contributed by atoms with van der Waals surface area (Å²) in [5, 5.41) is 3.21. The van der Waals surface area contributed by atoms with Crippen LogP contribution in [0.25, 0.3) is 0 Å². The predicted molar refractivity (Wildman–Crippen MR) is 145 cm³/mol. The number of hydrogen-bond acceptors (Lipinski definition) is 5. The second kappa shape index (κ2) is 11.9. The second-order valence-corrected chi connectivity index (χ2v) is 11.5. The minimum atomic E-state index is -4.39. The number of benzene rings is 1. The summed E-state index contributed by atoms with van der Waals surface area (Å²) in [6.07, 6.45) is -0.445. The van der Waals surface area contributed by atoms with Gasteiger partial charge in [-0.25, -0.2) is 4.98 Å². The van der Waals surface area contributed by atoms with Crippen molar-refractivity contribution >= 4 is 17.4 Å². The van der Waals surface area contributed by atoms with Crippen molar-refractivity contribution in [2.45, 2.75) is 64.1 Å². The van der Waals surface area contributed by atoms with Gasteiger partial charge in [0.25, 0.3) is 0 Å². The molecule has 2 fully saturated rings. The zero-order valence-corrected chi connectivity index (χ0v) is 22.7. The predicted octanol–water partition coefficient (Wildman–Crippen LogP) is 5.40. The molecule has 0 unspecified atom stereocenters. The highest BCUT2D eigenvalue weighted by molar-refractivity contribution is 5.76. The number of hydrogen-bond donors (Lipinski definition) is 1. The molecular formula is C29H40F3N5O. The van der Waals surface area contributed by atoms with Crippen LogP contribution >= 0.6 is 0 Å². The van der Waals surface area contributed by atoms with Crippen LogP contribution < -0.4 is 10.2 Å². The van der Waals surface area contributed by atoms with Crippen LogP contribution in [0.3, 0.4) is 0 Å². The van der Waals surface area contributed by atoms with Gasteiger partial charge < -0.3 is 20.0 Å². The maximum atomic E-state index is 12.9. The summed E-state index contributed by atoms with van der Waals surface area (Å²) in [5.74, 6) is 0.609. The number of anilines is 2. The normalized spacial score (nSPS) is 18.4. The van der Waals surface area contributed by atoms with Crippen molar-refractivity contribution in [1.82, 2.24) is 14.8 Å². The molecule has 2 aliphatic heterocycles. The van der Waals surface area contributed by atoms with Gasteiger partial charge in [0.05, 0.1) is 5.56 Å². The lowest BCUT2D eigenvalue weighted by molar-refractivity contribution is -0.137. The monoisotopic (exact) mass is 531 g/mol. The van der Waals surface area contributed by atoms with Crippen LogP contribution in [0.5, 0.6) is 0 Å². The molecular weight excluding hydrogens is 491 g/mol. The number of aromatic nitrogens is 1. The van der Waals surface area contributed by atoms with Gasteiger partial charge >= 0.3 is 6.18 Å². The van der Waals surface area contributed by atoms with Crippen molar-refractivity contribution in [2.24, 2.45) is 0 Å². The summed E-state index contributed by atoms with van der Waals surface area (Å²) in [5.41, 5.74) is 2.00. The summed E-state index contributed by atoms with van der Waals surface area (Å²) in [6, 6.07) is 11.4. The number of alkyl halides is 3. The van der Waals surface area contributed by atoms with Gasteiger partial charge in [-0.1, -0.05) is 32.9 Å². The molecule has 2 aliphatic rings. The maximum absolute atomic E-state index is 12.9. The number of rotatable bonds is 6. The molecule has 6 nitrogen and oxygen atoms in total. The van der Waals surface area contributed by atoms with Gasteiger partial charge in [-0.15, -0.1) is 0 Å². The van der Waals surface area contributed by atoms with Gasteiger partial charge in [0.1, 0.15) is 5.82 Å². The van der Waals surface area contributed by atoms with Gasteiger partial charge in [-0.3, -0.25) is 4.79 Å². The van der Waals surface area contributed by atoms with E-state index in [1.54, 1.807) is 0 Å². The van der Waals surface area contributed by atoms with Crippen LogP contribution in [0.15, 0.2) is 42.6 Å². The Morgan fingerprint density at radius 3 is 2.21 bits per heavy atom. The van der Waals surface area contributed by atoms with Crippen LogP contribution in [0.2, 0.25) is 0 Å². The van der Waals surface area contributed by atoms with Gasteiger partial charge in [0.15, 0.2) is 0 Å². The fourth-order valence-electron chi connectivity index (χ4n) is 5.17. The van der Waals surface area contributed by atoms with E-state index in [0.717, 1.165) is 64.2 Å². The molecule has 3 heterocycles. The SMILES string of the molecule is CC(C)(C)c1ccc(N2CCCN(CCC(=O)N3CCC(Nc4ccc(C(F)(F)F)cn4)CC3)CC2)cc1. The number of piperidine rings is 1. The number of pyridine rings is 1. The Hall–Kier alpha value is -2.81. The molecule has 38 heavy (non-hydrogen) atoms. The Kier molecular flexibility index (Phi) is 8.85. The smallest absolute Gasteiger partial charge is 0.370 e. The second-order valence-electron chi connectivity index (χ2n) is 11.5. The van der Waals surface area contributed by atoms with E-state index in [4.69, 9.17) is 0 Å². The van der Waals surface area contributed by atoms with Crippen LogP contribution in [0.1, 0.15) is 57.6 Å². The molecule has 2 saturated heterocycles. The van der Waals surface area contributed by atoms with Gasteiger partial charge in [0.2, 0.25) is 5.91 Å². The lowest BCUT2D eigenvalue weighted by Crippen LogP contribution is -2.43. The maximum Gasteiger partial charge on any atom is 0.417 e. The van der Waals surface area contributed by atoms with Crippen molar-refractivity contribution in [3.63, 3.8) is 0 Å². The molecule has 0 aliphatic carbocycles. The first-order valence-electron chi connectivity index (χ1n) is 13.6. The van der Waals surface area contributed by atoms with E-state index in [-0.39, 0.29) is 17.4 Å². The molecule has 0 saturated carbocycles. The molecule has 2 aromatic rings. The Morgan fingerprint density at radius 2 is 1.61 bits per heavy atom. The van der Waals surface area contributed by atoms with Gasteiger partial charge in [0, 0.05) is 63.6 Å². The molecule has 1 N–H and O–H groups in total. The van der Waals surface area contributed by atoms with E-state index < -0.39 is 11.7 Å². The minimum absolute atomic E-state index is 0.0948. The zero-order chi connectivity index (χ0) is 27.3. The average Bonchev–Trinajstić information content (AvgIpc) is 3.13. The highest BCUT2D eigenvalue weighted by atomic mass is 19.4. The van der Waals surface area contributed by atoms with E-state index in [1.807, 2.05) is 4.90 Å². The number of carbonyl (C=O) groups excluding carboxylic acids is 1. The Morgan fingerprint density at radius 1 is 0.921 bits per heavy atom. The zero-order valence-electron chi connectivity index (χ0n) is 22.7. The van der Waals surface area contributed by atoms with Crippen LogP contribution in [-0.2, 0) is 16.4 Å². The van der Waals surface area contributed by atoms with E-state index >= 15 is 0 Å². The van der Waals surface area contributed by atoms with Crippen LogP contribution in [-0.4, -0.2) is 72.5 Å². The number of nitrogens with zero attached hydrogens (tertiary/aromatic N) is 4. The van der Waals surface area contributed by atoms with Gasteiger partial charge in [-0.05, 0) is 61.1 Å². The lowest BCUT2D eigenvalue weighted by Gasteiger charge is -2.33. The van der Waals surface area contributed by atoms with Crippen molar-refractivity contribution < 1.29 is 18.0 Å². The largest absolute Gasteiger partial charge is 0.417 e. The fourth-order valence-corrected chi connectivity index (χ4v) is 5.17. The van der Waals surface area contributed by atoms with Crippen molar-refractivity contribution in [3.8, 4) is 0 Å². The fraction of sp³-hybridized carbons (Fsp3) is 0.586. The molecule has 0 radical (unpaired) electrons. The number of nitrogens with one attached hydrogen (secondary N) is 1. The molecule has 1 aromatic carbocycles. The summed E-state index contributed by atoms with van der Waals surface area (Å²) in [6.45, 7) is 12.7. The van der Waals surface area contributed by atoms with Crippen LogP contribution in [0.4, 0.5) is 24.7 Å². The number of amides is 1. The third kappa shape index (κ3) is 7.62. The van der Waals surface area contributed by atoms with Crippen molar-refractivity contribution in [1.29, 1.82) is 0 Å². The Balaban J connectivity index is 1.17.